The number of aromatic nitrogens is 2. The summed E-state index contributed by atoms with van der Waals surface area (Å²) in [5, 5.41) is 3.49. The molecule has 1 aromatic heterocycles. The molecular formula is C18H25BrIN5. The van der Waals surface area contributed by atoms with Crippen molar-refractivity contribution in [2.24, 2.45) is 10.9 Å². The molecular weight excluding hydrogens is 493 g/mol. The van der Waals surface area contributed by atoms with E-state index in [1.807, 2.05) is 25.6 Å². The van der Waals surface area contributed by atoms with Crippen molar-refractivity contribution in [3.63, 3.8) is 0 Å². The molecule has 0 amide bonds. The molecule has 2 atom stereocenters. The molecule has 0 bridgehead atoms. The Kier molecular flexibility index (Phi) is 7.74. The van der Waals surface area contributed by atoms with Crippen molar-refractivity contribution in [2.75, 3.05) is 20.1 Å². The number of aliphatic imine (C=N–C) groups is 1. The minimum Gasteiger partial charge on any atom is -0.352 e. The number of piperidine rings is 1. The second kappa shape index (κ2) is 9.56. The highest BCUT2D eigenvalue weighted by Crippen LogP contribution is 2.27. The molecule has 2 heterocycles. The van der Waals surface area contributed by atoms with E-state index in [0.29, 0.717) is 12.0 Å². The van der Waals surface area contributed by atoms with Crippen LogP contribution in [0.3, 0.4) is 0 Å². The molecule has 5 nitrogen and oxygen atoms in total. The molecule has 0 radical (unpaired) electrons. The van der Waals surface area contributed by atoms with E-state index >= 15 is 0 Å². The summed E-state index contributed by atoms with van der Waals surface area (Å²) in [4.78, 5) is 11.0. The van der Waals surface area contributed by atoms with Crippen LogP contribution in [-0.2, 0) is 6.54 Å². The van der Waals surface area contributed by atoms with E-state index in [9.17, 15) is 0 Å². The van der Waals surface area contributed by atoms with Crippen LogP contribution in [0.15, 0.2) is 52.5 Å². The zero-order valence-electron chi connectivity index (χ0n) is 14.6. The van der Waals surface area contributed by atoms with Crippen molar-refractivity contribution in [1.29, 1.82) is 0 Å². The molecule has 1 saturated heterocycles. The van der Waals surface area contributed by atoms with Crippen LogP contribution in [0, 0.1) is 5.92 Å². The Bertz CT molecular complexity index is 689. The van der Waals surface area contributed by atoms with Crippen molar-refractivity contribution in [3.8, 4) is 0 Å². The van der Waals surface area contributed by atoms with Gasteiger partial charge >= 0.3 is 0 Å². The third-order valence-electron chi connectivity index (χ3n) is 4.68. The summed E-state index contributed by atoms with van der Waals surface area (Å²) >= 11 is 3.52. The van der Waals surface area contributed by atoms with Crippen LogP contribution in [-0.4, -0.2) is 40.5 Å². The van der Waals surface area contributed by atoms with Crippen LogP contribution < -0.4 is 5.32 Å². The Morgan fingerprint density at radius 1 is 1.44 bits per heavy atom. The summed E-state index contributed by atoms with van der Waals surface area (Å²) in [6.45, 7) is 5.08. The molecule has 1 aliphatic heterocycles. The van der Waals surface area contributed by atoms with E-state index in [1.165, 1.54) is 5.56 Å². The first-order chi connectivity index (χ1) is 11.7. The van der Waals surface area contributed by atoms with Crippen LogP contribution >= 0.6 is 39.9 Å². The van der Waals surface area contributed by atoms with Gasteiger partial charge in [-0.15, -0.1) is 24.0 Å². The number of nitrogens with one attached hydrogen (secondary N) is 1. The first-order valence-electron chi connectivity index (χ1n) is 8.35. The minimum absolute atomic E-state index is 0. The highest BCUT2D eigenvalue weighted by atomic mass is 127. The van der Waals surface area contributed by atoms with Gasteiger partial charge in [0.15, 0.2) is 5.96 Å². The lowest BCUT2D eigenvalue weighted by molar-refractivity contribution is 0.189. The summed E-state index contributed by atoms with van der Waals surface area (Å²) in [5.41, 5.74) is 1.24. The molecule has 2 aromatic rings. The van der Waals surface area contributed by atoms with E-state index < -0.39 is 0 Å². The summed E-state index contributed by atoms with van der Waals surface area (Å²) < 4.78 is 3.32. The maximum atomic E-state index is 4.48. The van der Waals surface area contributed by atoms with Crippen molar-refractivity contribution in [3.05, 3.63) is 53.0 Å². The third-order valence-corrected chi connectivity index (χ3v) is 5.17. The van der Waals surface area contributed by atoms with Crippen LogP contribution in [0.25, 0.3) is 0 Å². The summed E-state index contributed by atoms with van der Waals surface area (Å²) in [6, 6.07) is 8.79. The largest absolute Gasteiger partial charge is 0.352 e. The molecule has 0 aliphatic carbocycles. The summed E-state index contributed by atoms with van der Waals surface area (Å²) in [5.74, 6) is 1.60. The number of imidazole rings is 1. The molecule has 136 valence electrons. The van der Waals surface area contributed by atoms with Gasteiger partial charge in [-0.05, 0) is 30.0 Å². The van der Waals surface area contributed by atoms with Gasteiger partial charge in [0, 0.05) is 43.5 Å². The van der Waals surface area contributed by atoms with Gasteiger partial charge in [-0.2, -0.15) is 0 Å². The average molecular weight is 518 g/mol. The number of hydrogen-bond donors (Lipinski definition) is 1. The molecule has 1 fully saturated rings. The smallest absolute Gasteiger partial charge is 0.193 e. The van der Waals surface area contributed by atoms with Crippen LogP contribution in [0.4, 0.5) is 0 Å². The Morgan fingerprint density at radius 3 is 2.96 bits per heavy atom. The van der Waals surface area contributed by atoms with E-state index in [2.05, 4.69) is 72.0 Å². The maximum Gasteiger partial charge on any atom is 0.193 e. The summed E-state index contributed by atoms with van der Waals surface area (Å²) in [6.07, 6.45) is 6.98. The number of rotatable bonds is 3. The first kappa shape index (κ1) is 20.2. The second-order valence-electron chi connectivity index (χ2n) is 6.32. The highest BCUT2D eigenvalue weighted by Gasteiger charge is 2.28. The molecule has 1 aromatic carbocycles. The van der Waals surface area contributed by atoms with Gasteiger partial charge < -0.3 is 14.8 Å². The minimum atomic E-state index is 0. The van der Waals surface area contributed by atoms with E-state index in [-0.39, 0.29) is 24.0 Å². The van der Waals surface area contributed by atoms with Gasteiger partial charge in [0.25, 0.3) is 0 Å². The molecule has 2 unspecified atom stereocenters. The molecule has 7 heteroatoms. The number of halogens is 2. The number of likely N-dealkylation sites (tertiary alicyclic amines) is 1. The monoisotopic (exact) mass is 517 g/mol. The standard InChI is InChI=1S/C18H24BrN5.HI/c1-14-6-8-23(12-17(14)24-9-7-21-13-24)18(20-2)22-11-15-4-3-5-16(19)10-15;/h3-5,7,9-10,13-14,17H,6,8,11-12H2,1-2H3,(H,20,22);1H. The number of nitrogens with zero attached hydrogens (tertiary/aromatic N) is 4. The lowest BCUT2D eigenvalue weighted by Crippen LogP contribution is -2.48. The van der Waals surface area contributed by atoms with Crippen molar-refractivity contribution in [2.45, 2.75) is 25.9 Å². The molecule has 0 saturated carbocycles. The Labute approximate surface area is 175 Å². The van der Waals surface area contributed by atoms with Gasteiger partial charge in [0.2, 0.25) is 0 Å². The highest BCUT2D eigenvalue weighted by molar-refractivity contribution is 14.0. The van der Waals surface area contributed by atoms with E-state index in [0.717, 1.165) is 36.5 Å². The third kappa shape index (κ3) is 5.20. The fraction of sp³-hybridized carbons (Fsp3) is 0.444. The average Bonchev–Trinajstić information content (AvgIpc) is 3.11. The van der Waals surface area contributed by atoms with Gasteiger partial charge in [-0.1, -0.05) is 35.0 Å². The van der Waals surface area contributed by atoms with Gasteiger partial charge in [0.05, 0.1) is 12.4 Å². The zero-order valence-corrected chi connectivity index (χ0v) is 18.5. The Morgan fingerprint density at radius 2 is 2.28 bits per heavy atom. The second-order valence-corrected chi connectivity index (χ2v) is 7.24. The van der Waals surface area contributed by atoms with E-state index in [4.69, 9.17) is 0 Å². The van der Waals surface area contributed by atoms with Gasteiger partial charge in [-0.25, -0.2) is 4.98 Å². The molecule has 1 N–H and O–H groups in total. The first-order valence-corrected chi connectivity index (χ1v) is 9.14. The zero-order chi connectivity index (χ0) is 16.9. The molecule has 3 rings (SSSR count). The van der Waals surface area contributed by atoms with E-state index in [1.54, 1.807) is 0 Å². The number of benzene rings is 1. The summed E-state index contributed by atoms with van der Waals surface area (Å²) in [7, 11) is 1.85. The van der Waals surface area contributed by atoms with Crippen molar-refractivity contribution >= 4 is 45.9 Å². The lowest BCUT2D eigenvalue weighted by atomic mass is 9.93. The van der Waals surface area contributed by atoms with Crippen LogP contribution in [0.2, 0.25) is 0 Å². The lowest BCUT2D eigenvalue weighted by Gasteiger charge is -2.39. The number of guanidine groups is 1. The fourth-order valence-corrected chi connectivity index (χ4v) is 3.70. The molecule has 1 aliphatic rings. The maximum absolute atomic E-state index is 4.48. The number of hydrogen-bond acceptors (Lipinski definition) is 2. The SMILES string of the molecule is CN=C(NCc1cccc(Br)c1)N1CCC(C)C(n2ccnc2)C1.I. The molecule has 25 heavy (non-hydrogen) atoms. The normalized spacial score (nSPS) is 20.9. The van der Waals surface area contributed by atoms with Gasteiger partial charge in [0.1, 0.15) is 0 Å². The predicted octanol–water partition coefficient (Wildman–Crippen LogP) is 3.92. The molecule has 0 spiro atoms. The van der Waals surface area contributed by atoms with Gasteiger partial charge in [-0.3, -0.25) is 4.99 Å². The Balaban J connectivity index is 0.00000225. The van der Waals surface area contributed by atoms with Crippen molar-refractivity contribution < 1.29 is 0 Å². The van der Waals surface area contributed by atoms with Crippen molar-refractivity contribution in [1.82, 2.24) is 19.8 Å². The topological polar surface area (TPSA) is 45.5 Å². The van der Waals surface area contributed by atoms with Crippen LogP contribution in [0.1, 0.15) is 24.9 Å². The van der Waals surface area contributed by atoms with Crippen LogP contribution in [0.5, 0.6) is 0 Å². The quantitative estimate of drug-likeness (QED) is 0.381. The predicted molar refractivity (Wildman–Crippen MR) is 116 cm³/mol. The fourth-order valence-electron chi connectivity index (χ4n) is 3.26. The Hall–Kier alpha value is -1.09.